The Bertz CT molecular complexity index is 273. The predicted octanol–water partition coefficient (Wildman–Crippen LogP) is 1.38. The van der Waals surface area contributed by atoms with Crippen molar-refractivity contribution in [2.24, 2.45) is 5.73 Å². The highest BCUT2D eigenvalue weighted by atomic mass is 16.5. The van der Waals surface area contributed by atoms with Gasteiger partial charge in [0.15, 0.2) is 0 Å². The van der Waals surface area contributed by atoms with Gasteiger partial charge in [-0.1, -0.05) is 0 Å². The average Bonchev–Trinajstić information content (AvgIpc) is 2.38. The fourth-order valence-corrected chi connectivity index (χ4v) is 3.69. The van der Waals surface area contributed by atoms with Crippen LogP contribution in [0.5, 0.6) is 0 Å². The van der Waals surface area contributed by atoms with Gasteiger partial charge in [0.1, 0.15) is 0 Å². The maximum absolute atomic E-state index is 6.15. The molecule has 2 aliphatic rings. The molecule has 0 unspecified atom stereocenters. The molecule has 2 rings (SSSR count). The predicted molar refractivity (Wildman–Crippen MR) is 72.7 cm³/mol. The van der Waals surface area contributed by atoms with E-state index in [1.165, 1.54) is 0 Å². The van der Waals surface area contributed by atoms with Crippen LogP contribution in [0.4, 0.5) is 0 Å². The molecular weight excluding hydrogens is 228 g/mol. The number of rotatable bonds is 3. The van der Waals surface area contributed by atoms with Crippen molar-refractivity contribution in [3.8, 4) is 0 Å². The smallest absolute Gasteiger partial charge is 0.0645 e. The molecule has 0 bridgehead atoms. The fourth-order valence-electron chi connectivity index (χ4n) is 3.69. The van der Waals surface area contributed by atoms with Gasteiger partial charge >= 0.3 is 0 Å². The van der Waals surface area contributed by atoms with E-state index in [1.54, 1.807) is 0 Å². The van der Waals surface area contributed by atoms with E-state index in [0.29, 0.717) is 6.10 Å². The largest absolute Gasteiger partial charge is 0.381 e. The lowest BCUT2D eigenvalue weighted by Gasteiger charge is -2.55. The van der Waals surface area contributed by atoms with Crippen LogP contribution in [0.1, 0.15) is 39.5 Å². The van der Waals surface area contributed by atoms with Crippen molar-refractivity contribution in [3.63, 3.8) is 0 Å². The maximum atomic E-state index is 6.15. The lowest BCUT2D eigenvalue weighted by molar-refractivity contribution is -0.122. The number of morpholine rings is 1. The summed E-state index contributed by atoms with van der Waals surface area (Å²) in [5, 5.41) is 0. The van der Waals surface area contributed by atoms with Crippen LogP contribution in [0.3, 0.4) is 0 Å². The van der Waals surface area contributed by atoms with Crippen LogP contribution in [-0.2, 0) is 9.47 Å². The Balaban J connectivity index is 2.12. The third-order valence-corrected chi connectivity index (χ3v) is 4.79. The van der Waals surface area contributed by atoms with E-state index >= 15 is 0 Å². The van der Waals surface area contributed by atoms with Crippen molar-refractivity contribution >= 4 is 0 Å². The first-order valence-corrected chi connectivity index (χ1v) is 7.12. The van der Waals surface area contributed by atoms with Gasteiger partial charge in [0.25, 0.3) is 0 Å². The third-order valence-electron chi connectivity index (χ3n) is 4.79. The minimum Gasteiger partial charge on any atom is -0.381 e. The fraction of sp³-hybridized carbons (Fsp3) is 1.00. The summed E-state index contributed by atoms with van der Waals surface area (Å²) < 4.78 is 11.1. The van der Waals surface area contributed by atoms with Gasteiger partial charge < -0.3 is 15.2 Å². The Kier molecular flexibility index (Phi) is 4.32. The van der Waals surface area contributed by atoms with E-state index in [-0.39, 0.29) is 11.1 Å². The lowest BCUT2D eigenvalue weighted by Crippen LogP contribution is -2.67. The topological polar surface area (TPSA) is 47.7 Å². The van der Waals surface area contributed by atoms with E-state index in [4.69, 9.17) is 15.2 Å². The molecule has 0 atom stereocenters. The van der Waals surface area contributed by atoms with Crippen molar-refractivity contribution < 1.29 is 9.47 Å². The quantitative estimate of drug-likeness (QED) is 0.829. The minimum absolute atomic E-state index is 0.0948. The molecule has 106 valence electrons. The number of ether oxygens (including phenoxy) is 2. The van der Waals surface area contributed by atoms with Crippen LogP contribution < -0.4 is 5.73 Å². The van der Waals surface area contributed by atoms with Gasteiger partial charge in [-0.05, 0) is 39.5 Å². The van der Waals surface area contributed by atoms with Crippen LogP contribution in [0.25, 0.3) is 0 Å². The van der Waals surface area contributed by atoms with Gasteiger partial charge in [-0.2, -0.15) is 0 Å². The Hall–Kier alpha value is -0.160. The van der Waals surface area contributed by atoms with Crippen LogP contribution >= 0.6 is 0 Å². The molecule has 1 saturated heterocycles. The number of nitrogens with zero attached hydrogens (tertiary/aromatic N) is 1. The molecule has 2 N–H and O–H groups in total. The zero-order valence-corrected chi connectivity index (χ0v) is 12.1. The summed E-state index contributed by atoms with van der Waals surface area (Å²) in [5.74, 6) is 0. The summed E-state index contributed by atoms with van der Waals surface area (Å²) in [4.78, 5) is 2.61. The van der Waals surface area contributed by atoms with Crippen LogP contribution in [0.15, 0.2) is 0 Å². The molecule has 1 saturated carbocycles. The Morgan fingerprint density at radius 2 is 2.00 bits per heavy atom. The normalized spacial score (nSPS) is 37.7. The molecule has 0 aromatic heterocycles. The van der Waals surface area contributed by atoms with E-state index in [0.717, 1.165) is 52.0 Å². The van der Waals surface area contributed by atoms with Crippen molar-refractivity contribution in [2.75, 3.05) is 33.4 Å². The molecule has 0 spiro atoms. The maximum Gasteiger partial charge on any atom is 0.0645 e. The van der Waals surface area contributed by atoms with E-state index in [2.05, 4.69) is 18.7 Å². The molecule has 18 heavy (non-hydrogen) atoms. The van der Waals surface area contributed by atoms with Crippen molar-refractivity contribution in [3.05, 3.63) is 0 Å². The molecule has 4 heteroatoms. The molecule has 0 radical (unpaired) electrons. The van der Waals surface area contributed by atoms with Crippen LogP contribution in [0, 0.1) is 0 Å². The Morgan fingerprint density at radius 1 is 1.33 bits per heavy atom. The van der Waals surface area contributed by atoms with Gasteiger partial charge in [-0.3, -0.25) is 4.90 Å². The molecule has 1 aliphatic carbocycles. The first kappa shape index (κ1) is 14.3. The second kappa shape index (κ2) is 5.45. The summed E-state index contributed by atoms with van der Waals surface area (Å²) in [6, 6.07) is 0. The Labute approximate surface area is 111 Å². The van der Waals surface area contributed by atoms with Gasteiger partial charge in [0, 0.05) is 31.3 Å². The minimum atomic E-state index is 0.0948. The summed E-state index contributed by atoms with van der Waals surface area (Å²) in [6.07, 6.45) is 4.97. The van der Waals surface area contributed by atoms with E-state index in [1.807, 2.05) is 7.11 Å². The highest BCUT2D eigenvalue weighted by Gasteiger charge is 2.46. The molecule has 0 aromatic rings. The summed E-state index contributed by atoms with van der Waals surface area (Å²) in [5.41, 5.74) is 6.40. The molecule has 2 fully saturated rings. The second-order valence-corrected chi connectivity index (χ2v) is 6.38. The molecule has 0 aromatic carbocycles. The van der Waals surface area contributed by atoms with Gasteiger partial charge in [-0.25, -0.2) is 0 Å². The Morgan fingerprint density at radius 3 is 2.50 bits per heavy atom. The monoisotopic (exact) mass is 256 g/mol. The number of hydrogen-bond donors (Lipinski definition) is 1. The summed E-state index contributed by atoms with van der Waals surface area (Å²) >= 11 is 0. The number of methoxy groups -OCH3 is 1. The van der Waals surface area contributed by atoms with Gasteiger partial charge in [0.2, 0.25) is 0 Å². The van der Waals surface area contributed by atoms with E-state index in [9.17, 15) is 0 Å². The summed E-state index contributed by atoms with van der Waals surface area (Å²) in [6.45, 7) is 7.92. The third kappa shape index (κ3) is 2.57. The molecule has 1 aliphatic heterocycles. The second-order valence-electron chi connectivity index (χ2n) is 6.38. The van der Waals surface area contributed by atoms with Crippen LogP contribution in [-0.4, -0.2) is 55.5 Å². The summed E-state index contributed by atoms with van der Waals surface area (Å²) in [7, 11) is 1.82. The zero-order valence-electron chi connectivity index (χ0n) is 12.1. The van der Waals surface area contributed by atoms with Crippen molar-refractivity contribution in [2.45, 2.75) is 56.7 Å². The van der Waals surface area contributed by atoms with Gasteiger partial charge in [-0.15, -0.1) is 0 Å². The van der Waals surface area contributed by atoms with Gasteiger partial charge in [0.05, 0.1) is 19.3 Å². The number of nitrogens with two attached hydrogens (primary N) is 1. The highest BCUT2D eigenvalue weighted by molar-refractivity contribution is 5.02. The van der Waals surface area contributed by atoms with Crippen molar-refractivity contribution in [1.82, 2.24) is 4.90 Å². The first-order valence-electron chi connectivity index (χ1n) is 7.12. The molecule has 0 amide bonds. The number of hydrogen-bond acceptors (Lipinski definition) is 4. The molecule has 4 nitrogen and oxygen atoms in total. The van der Waals surface area contributed by atoms with Crippen molar-refractivity contribution in [1.29, 1.82) is 0 Å². The zero-order chi connectivity index (χ0) is 13.2. The average molecular weight is 256 g/mol. The van der Waals surface area contributed by atoms with E-state index < -0.39 is 0 Å². The SMILES string of the molecule is COC1CCC(CN)(N2CCOCC2(C)C)CC1. The molecule has 1 heterocycles. The first-order chi connectivity index (χ1) is 8.54. The molecular formula is C14H28N2O2. The standard InChI is InChI=1S/C14H28N2O2/c1-13(2)11-18-9-8-16(13)14(10-15)6-4-12(17-3)5-7-14/h12H,4-11,15H2,1-3H3. The van der Waals surface area contributed by atoms with Crippen LogP contribution in [0.2, 0.25) is 0 Å². The lowest BCUT2D eigenvalue weighted by atomic mass is 9.76. The highest BCUT2D eigenvalue weighted by Crippen LogP contribution is 2.39.